The molecule has 0 aromatic heterocycles. The van der Waals surface area contributed by atoms with Crippen LogP contribution in [0.5, 0.6) is 0 Å². The zero-order chi connectivity index (χ0) is 22.9. The molecular formula is C24H30ClN3O3S. The first kappa shape index (κ1) is 23.4. The van der Waals surface area contributed by atoms with E-state index in [4.69, 9.17) is 21.3 Å². The van der Waals surface area contributed by atoms with Crippen molar-refractivity contribution in [2.75, 3.05) is 46.2 Å². The number of hydrogen-bond acceptors (Lipinski definition) is 5. The highest BCUT2D eigenvalue weighted by Gasteiger charge is 2.36. The number of methoxy groups -OCH3 is 1. The number of nitrogens with zero attached hydrogens (tertiary/aromatic N) is 3. The third kappa shape index (κ3) is 4.92. The molecule has 0 aliphatic carbocycles. The van der Waals surface area contributed by atoms with Gasteiger partial charge in [-0.05, 0) is 48.7 Å². The molecular weight excluding hydrogens is 446 g/mol. The van der Waals surface area contributed by atoms with E-state index >= 15 is 0 Å². The minimum absolute atomic E-state index is 0.0329. The largest absolute Gasteiger partial charge is 0.383 e. The molecule has 4 rings (SSSR count). The molecule has 0 saturated carbocycles. The Morgan fingerprint density at radius 2 is 1.97 bits per heavy atom. The topological polar surface area (TPSA) is 62.2 Å². The average molecular weight is 476 g/mol. The van der Waals surface area contributed by atoms with Crippen molar-refractivity contribution in [3.8, 4) is 0 Å². The Labute approximate surface area is 195 Å². The molecule has 0 bridgehead atoms. The Morgan fingerprint density at radius 1 is 1.22 bits per heavy atom. The number of hydrogen-bond donors (Lipinski definition) is 0. The first-order valence-electron chi connectivity index (χ1n) is 10.9. The maximum absolute atomic E-state index is 12.4. The fourth-order valence-corrected chi connectivity index (χ4v) is 6.05. The van der Waals surface area contributed by atoms with Crippen LogP contribution in [0.3, 0.4) is 0 Å². The van der Waals surface area contributed by atoms with E-state index in [-0.39, 0.29) is 12.0 Å². The highest BCUT2D eigenvalue weighted by molar-refractivity contribution is 7.88. The quantitative estimate of drug-likeness (QED) is 0.581. The molecule has 2 aromatic carbocycles. The van der Waals surface area contributed by atoms with Crippen LogP contribution in [0.15, 0.2) is 47.5 Å². The summed E-state index contributed by atoms with van der Waals surface area (Å²) in [5, 5.41) is 0.705. The van der Waals surface area contributed by atoms with Crippen molar-refractivity contribution >= 4 is 33.0 Å². The monoisotopic (exact) mass is 475 g/mol. The van der Waals surface area contributed by atoms with Gasteiger partial charge in [0.05, 0.1) is 24.3 Å². The molecule has 2 heterocycles. The number of benzene rings is 2. The van der Waals surface area contributed by atoms with Crippen LogP contribution in [0, 0.1) is 6.92 Å². The van der Waals surface area contributed by atoms with Gasteiger partial charge >= 0.3 is 0 Å². The predicted octanol–water partition coefficient (Wildman–Crippen LogP) is 3.85. The van der Waals surface area contributed by atoms with Gasteiger partial charge in [0.1, 0.15) is 0 Å². The number of rotatable bonds is 8. The van der Waals surface area contributed by atoms with Crippen molar-refractivity contribution in [2.45, 2.75) is 25.3 Å². The van der Waals surface area contributed by atoms with Gasteiger partial charge in [-0.1, -0.05) is 41.9 Å². The smallest absolute Gasteiger partial charge is 0.211 e. The lowest BCUT2D eigenvalue weighted by Crippen LogP contribution is -2.43. The summed E-state index contributed by atoms with van der Waals surface area (Å²) in [7, 11) is -1.70. The van der Waals surface area contributed by atoms with Crippen LogP contribution < -0.4 is 0 Å². The number of para-hydroxylation sites is 1. The number of fused-ring (bicyclic) bond motifs is 1. The van der Waals surface area contributed by atoms with E-state index in [0.717, 1.165) is 36.5 Å². The van der Waals surface area contributed by atoms with Crippen LogP contribution in [0.2, 0.25) is 5.02 Å². The Hall–Kier alpha value is -1.77. The summed E-state index contributed by atoms with van der Waals surface area (Å²) in [6, 6.07) is 14.2. The van der Waals surface area contributed by atoms with E-state index in [0.29, 0.717) is 24.7 Å². The van der Waals surface area contributed by atoms with Crippen molar-refractivity contribution in [2.24, 2.45) is 4.99 Å². The van der Waals surface area contributed by atoms with Gasteiger partial charge in [0.15, 0.2) is 0 Å². The van der Waals surface area contributed by atoms with Crippen molar-refractivity contribution < 1.29 is 13.2 Å². The van der Waals surface area contributed by atoms with Gasteiger partial charge in [0, 0.05) is 43.7 Å². The Morgan fingerprint density at radius 3 is 2.66 bits per heavy atom. The summed E-state index contributed by atoms with van der Waals surface area (Å²) in [6.07, 6.45) is 2.10. The fraction of sp³-hybridized carbons (Fsp3) is 0.458. The fourth-order valence-electron chi connectivity index (χ4n) is 4.80. The number of ether oxygens (including phenoxy) is 1. The SMILES string of the molecule is COCCN(C1CCN(CC2C(c3ccc(Cl)cc3)=Nc3c(C)cccc32)C1)S(C)(=O)=O. The molecule has 8 heteroatoms. The van der Waals surface area contributed by atoms with E-state index in [9.17, 15) is 8.42 Å². The van der Waals surface area contributed by atoms with E-state index in [1.54, 1.807) is 11.4 Å². The molecule has 6 nitrogen and oxygen atoms in total. The molecule has 2 unspecified atom stereocenters. The molecule has 1 saturated heterocycles. The second kappa shape index (κ2) is 9.61. The molecule has 0 radical (unpaired) electrons. The van der Waals surface area contributed by atoms with Crippen molar-refractivity contribution in [3.63, 3.8) is 0 Å². The van der Waals surface area contributed by atoms with Gasteiger partial charge < -0.3 is 9.64 Å². The number of aliphatic imine (C=N–C) groups is 1. The zero-order valence-electron chi connectivity index (χ0n) is 18.8. The summed E-state index contributed by atoms with van der Waals surface area (Å²) < 4.78 is 31.5. The minimum atomic E-state index is -3.29. The van der Waals surface area contributed by atoms with E-state index in [2.05, 4.69) is 30.0 Å². The molecule has 2 aliphatic rings. The molecule has 172 valence electrons. The van der Waals surface area contributed by atoms with Crippen molar-refractivity contribution in [1.29, 1.82) is 0 Å². The summed E-state index contributed by atoms with van der Waals surface area (Å²) in [4.78, 5) is 7.40. The number of aryl methyl sites for hydroxylation is 1. The molecule has 1 fully saturated rings. The van der Waals surface area contributed by atoms with Gasteiger partial charge in [-0.2, -0.15) is 4.31 Å². The Balaban J connectivity index is 1.57. The van der Waals surface area contributed by atoms with Crippen LogP contribution in [0.25, 0.3) is 0 Å². The highest BCUT2D eigenvalue weighted by Crippen LogP contribution is 2.40. The Kier molecular flexibility index (Phi) is 7.03. The van der Waals surface area contributed by atoms with Crippen LogP contribution in [-0.4, -0.2) is 75.5 Å². The lowest BCUT2D eigenvalue weighted by atomic mass is 9.90. The second-order valence-electron chi connectivity index (χ2n) is 8.64. The maximum atomic E-state index is 12.4. The summed E-state index contributed by atoms with van der Waals surface area (Å²) >= 11 is 6.11. The lowest BCUT2D eigenvalue weighted by Gasteiger charge is -2.27. The van der Waals surface area contributed by atoms with Crippen LogP contribution in [0.1, 0.15) is 29.0 Å². The van der Waals surface area contributed by atoms with E-state index in [1.165, 1.54) is 17.4 Å². The van der Waals surface area contributed by atoms with Crippen molar-refractivity contribution in [1.82, 2.24) is 9.21 Å². The standard InChI is InChI=1S/C24H30ClN3O3S/c1-17-5-4-6-21-22(24(26-23(17)21)18-7-9-19(25)10-8-18)16-27-12-11-20(15-27)28(13-14-31-2)32(3,29)30/h4-10,20,22H,11-16H2,1-3H3. The number of likely N-dealkylation sites (tertiary alicyclic amines) is 1. The third-order valence-electron chi connectivity index (χ3n) is 6.38. The van der Waals surface area contributed by atoms with Gasteiger partial charge in [-0.15, -0.1) is 0 Å². The van der Waals surface area contributed by atoms with Crippen LogP contribution >= 0.6 is 11.6 Å². The first-order valence-corrected chi connectivity index (χ1v) is 13.1. The maximum Gasteiger partial charge on any atom is 0.211 e. The van der Waals surface area contributed by atoms with E-state index in [1.807, 2.05) is 24.3 Å². The normalized spacial score (nSPS) is 21.2. The molecule has 0 spiro atoms. The summed E-state index contributed by atoms with van der Waals surface area (Å²) in [5.74, 6) is 0.135. The highest BCUT2D eigenvalue weighted by atomic mass is 35.5. The molecule has 0 amide bonds. The van der Waals surface area contributed by atoms with Gasteiger partial charge in [-0.25, -0.2) is 8.42 Å². The number of halogens is 1. The van der Waals surface area contributed by atoms with Crippen molar-refractivity contribution in [3.05, 3.63) is 64.2 Å². The van der Waals surface area contributed by atoms with Crippen LogP contribution in [0.4, 0.5) is 5.69 Å². The number of sulfonamides is 1. The van der Waals surface area contributed by atoms with Crippen LogP contribution in [-0.2, 0) is 14.8 Å². The summed E-state index contributed by atoms with van der Waals surface area (Å²) in [6.45, 7) is 5.24. The average Bonchev–Trinajstić information content (AvgIpc) is 3.34. The third-order valence-corrected chi connectivity index (χ3v) is 7.97. The molecule has 32 heavy (non-hydrogen) atoms. The summed E-state index contributed by atoms with van der Waals surface area (Å²) in [5.41, 5.74) is 5.57. The predicted molar refractivity (Wildman–Crippen MR) is 130 cm³/mol. The lowest BCUT2D eigenvalue weighted by molar-refractivity contribution is 0.165. The first-order chi connectivity index (χ1) is 15.3. The van der Waals surface area contributed by atoms with Gasteiger partial charge in [0.2, 0.25) is 10.0 Å². The van der Waals surface area contributed by atoms with Gasteiger partial charge in [0.25, 0.3) is 0 Å². The second-order valence-corrected chi connectivity index (χ2v) is 11.0. The Bertz CT molecular complexity index is 1100. The molecule has 2 aromatic rings. The molecule has 2 aliphatic heterocycles. The minimum Gasteiger partial charge on any atom is -0.383 e. The van der Waals surface area contributed by atoms with E-state index < -0.39 is 10.0 Å². The molecule has 0 N–H and O–H groups in total. The molecule has 2 atom stereocenters. The zero-order valence-corrected chi connectivity index (χ0v) is 20.4. The van der Waals surface area contributed by atoms with Gasteiger partial charge in [-0.3, -0.25) is 4.99 Å².